The zero-order valence-corrected chi connectivity index (χ0v) is 19.8. The van der Waals surface area contributed by atoms with Crippen LogP contribution in [0.25, 0.3) is 16.6 Å². The Balaban J connectivity index is 1.68. The molecule has 0 aliphatic heterocycles. The van der Waals surface area contributed by atoms with Crippen molar-refractivity contribution in [1.29, 1.82) is 0 Å². The van der Waals surface area contributed by atoms with E-state index in [0.717, 1.165) is 11.3 Å². The molecule has 0 saturated carbocycles. The number of aromatic amines is 1. The van der Waals surface area contributed by atoms with Gasteiger partial charge < -0.3 is 9.30 Å². The highest BCUT2D eigenvalue weighted by Gasteiger charge is 2.19. The molecule has 0 bridgehead atoms. The highest BCUT2D eigenvalue weighted by atomic mass is 35.5. The summed E-state index contributed by atoms with van der Waals surface area (Å²) in [7, 11) is 1.61. The molecule has 7 nitrogen and oxygen atoms in total. The minimum Gasteiger partial charge on any atom is -0.497 e. The molecule has 0 atom stereocenters. The van der Waals surface area contributed by atoms with Crippen LogP contribution in [0.1, 0.15) is 17.0 Å². The molecule has 3 heterocycles. The number of benzene rings is 2. The molecule has 2 aromatic carbocycles. The Morgan fingerprint density at radius 3 is 2.63 bits per heavy atom. The number of aryl methyl sites for hydroxylation is 1. The fourth-order valence-corrected chi connectivity index (χ4v) is 4.47. The Morgan fingerprint density at radius 2 is 1.86 bits per heavy atom. The van der Waals surface area contributed by atoms with Crippen LogP contribution in [0, 0.1) is 0 Å². The first-order chi connectivity index (χ1) is 17.0. The number of hydrogen-bond acceptors (Lipinski definition) is 4. The molecule has 0 saturated heterocycles. The van der Waals surface area contributed by atoms with Gasteiger partial charge in [0.25, 0.3) is 11.1 Å². The van der Waals surface area contributed by atoms with E-state index in [0.29, 0.717) is 52.4 Å². The fourth-order valence-electron chi connectivity index (χ4n) is 4.28. The fraction of sp³-hybridized carbons (Fsp3) is 0.148. The van der Waals surface area contributed by atoms with Gasteiger partial charge in [-0.2, -0.15) is 0 Å². The molecule has 0 fully saturated rings. The van der Waals surface area contributed by atoms with Gasteiger partial charge in [-0.05, 0) is 48.0 Å². The van der Waals surface area contributed by atoms with Crippen LogP contribution < -0.4 is 15.9 Å². The first kappa shape index (κ1) is 22.7. The number of H-pyrrole nitrogens is 1. The molecule has 0 aliphatic rings. The molecule has 0 aliphatic carbocycles. The summed E-state index contributed by atoms with van der Waals surface area (Å²) < 4.78 is 8.47. The van der Waals surface area contributed by atoms with Gasteiger partial charge in [0.15, 0.2) is 0 Å². The van der Waals surface area contributed by atoms with E-state index in [1.165, 1.54) is 10.7 Å². The zero-order chi connectivity index (χ0) is 24.4. The van der Waals surface area contributed by atoms with Crippen molar-refractivity contribution in [3.8, 4) is 11.4 Å². The molecule has 0 spiro atoms. The SMILES string of the molecule is COc1cccc(Cc2c3c(=O)n(-c4cccc(Cl)c4)[nH]c3cc(=O)n2CCc2ccccn2)c1. The van der Waals surface area contributed by atoms with Crippen molar-refractivity contribution in [2.45, 2.75) is 19.4 Å². The predicted molar refractivity (Wildman–Crippen MR) is 137 cm³/mol. The molecule has 5 aromatic rings. The van der Waals surface area contributed by atoms with E-state index in [-0.39, 0.29) is 11.1 Å². The van der Waals surface area contributed by atoms with Crippen molar-refractivity contribution in [3.05, 3.63) is 122 Å². The molecule has 0 radical (unpaired) electrons. The van der Waals surface area contributed by atoms with Crippen LogP contribution in [-0.4, -0.2) is 26.4 Å². The van der Waals surface area contributed by atoms with E-state index in [1.807, 2.05) is 42.5 Å². The Bertz CT molecular complexity index is 1620. The summed E-state index contributed by atoms with van der Waals surface area (Å²) in [5.74, 6) is 0.711. The smallest absolute Gasteiger partial charge is 0.280 e. The van der Waals surface area contributed by atoms with Gasteiger partial charge in [0, 0.05) is 48.1 Å². The summed E-state index contributed by atoms with van der Waals surface area (Å²) in [5, 5.41) is 4.07. The van der Waals surface area contributed by atoms with Gasteiger partial charge in [-0.3, -0.25) is 19.7 Å². The second-order valence-electron chi connectivity index (χ2n) is 8.20. The maximum atomic E-state index is 13.6. The average Bonchev–Trinajstić information content (AvgIpc) is 3.20. The number of hydrogen-bond donors (Lipinski definition) is 1. The summed E-state index contributed by atoms with van der Waals surface area (Å²) in [6, 6.07) is 21.8. The quantitative estimate of drug-likeness (QED) is 0.370. The summed E-state index contributed by atoms with van der Waals surface area (Å²) >= 11 is 6.16. The van der Waals surface area contributed by atoms with E-state index in [9.17, 15) is 9.59 Å². The van der Waals surface area contributed by atoms with Crippen LogP contribution in [-0.2, 0) is 19.4 Å². The number of halogens is 1. The molecule has 35 heavy (non-hydrogen) atoms. The van der Waals surface area contributed by atoms with Crippen molar-refractivity contribution in [2.24, 2.45) is 0 Å². The van der Waals surface area contributed by atoms with Gasteiger partial charge in [0.2, 0.25) is 0 Å². The van der Waals surface area contributed by atoms with Crippen molar-refractivity contribution in [2.75, 3.05) is 7.11 Å². The molecule has 0 amide bonds. The summed E-state index contributed by atoms with van der Waals surface area (Å²) in [6.45, 7) is 0.396. The first-order valence-corrected chi connectivity index (χ1v) is 11.6. The Morgan fingerprint density at radius 1 is 1.00 bits per heavy atom. The topological polar surface area (TPSA) is 81.9 Å². The summed E-state index contributed by atoms with van der Waals surface area (Å²) in [6.07, 6.45) is 2.67. The van der Waals surface area contributed by atoms with Gasteiger partial charge in [-0.1, -0.05) is 35.9 Å². The monoisotopic (exact) mass is 486 g/mol. The normalized spacial score (nSPS) is 11.1. The number of ether oxygens (including phenoxy) is 1. The molecular weight excluding hydrogens is 464 g/mol. The van der Waals surface area contributed by atoms with Crippen molar-refractivity contribution >= 4 is 22.5 Å². The van der Waals surface area contributed by atoms with Gasteiger partial charge in [-0.15, -0.1) is 0 Å². The highest BCUT2D eigenvalue weighted by Crippen LogP contribution is 2.21. The lowest BCUT2D eigenvalue weighted by molar-refractivity contribution is 0.414. The Labute approximate surface area is 206 Å². The lowest BCUT2D eigenvalue weighted by Crippen LogP contribution is -2.26. The zero-order valence-electron chi connectivity index (χ0n) is 19.1. The van der Waals surface area contributed by atoms with Crippen LogP contribution in [0.2, 0.25) is 5.02 Å². The Kier molecular flexibility index (Phi) is 6.25. The van der Waals surface area contributed by atoms with Gasteiger partial charge >= 0.3 is 0 Å². The standard InChI is InChI=1S/C27H23ClN4O3/c1-35-22-10-4-6-18(14-22)15-24-26-23(30-32(27(26)34)21-9-5-7-19(28)16-21)17-25(33)31(24)13-11-20-8-2-3-12-29-20/h2-10,12,14,16-17,30H,11,13,15H2,1H3. The third kappa shape index (κ3) is 4.63. The lowest BCUT2D eigenvalue weighted by Gasteiger charge is -2.14. The summed E-state index contributed by atoms with van der Waals surface area (Å²) in [4.78, 5) is 31.3. The lowest BCUT2D eigenvalue weighted by atomic mass is 10.1. The number of methoxy groups -OCH3 is 1. The van der Waals surface area contributed by atoms with E-state index in [4.69, 9.17) is 16.3 Å². The highest BCUT2D eigenvalue weighted by molar-refractivity contribution is 6.30. The maximum absolute atomic E-state index is 13.6. The first-order valence-electron chi connectivity index (χ1n) is 11.2. The molecule has 5 rings (SSSR count). The molecular formula is C27H23ClN4O3. The van der Waals surface area contributed by atoms with E-state index >= 15 is 0 Å². The van der Waals surface area contributed by atoms with Gasteiger partial charge in [0.1, 0.15) is 5.75 Å². The predicted octanol–water partition coefficient (Wildman–Crippen LogP) is 4.37. The van der Waals surface area contributed by atoms with E-state index in [2.05, 4.69) is 10.1 Å². The largest absolute Gasteiger partial charge is 0.497 e. The number of aromatic nitrogens is 4. The molecule has 176 valence electrons. The molecule has 0 unspecified atom stereocenters. The van der Waals surface area contributed by atoms with E-state index in [1.54, 1.807) is 42.1 Å². The summed E-state index contributed by atoms with van der Waals surface area (Å²) in [5.41, 5.74) is 3.08. The number of nitrogens with one attached hydrogen (secondary N) is 1. The van der Waals surface area contributed by atoms with Crippen molar-refractivity contribution < 1.29 is 4.74 Å². The number of rotatable bonds is 7. The van der Waals surface area contributed by atoms with Crippen LogP contribution in [0.5, 0.6) is 5.75 Å². The van der Waals surface area contributed by atoms with Crippen LogP contribution in [0.15, 0.2) is 88.6 Å². The Hall–Kier alpha value is -4.10. The van der Waals surface area contributed by atoms with Gasteiger partial charge in [-0.25, -0.2) is 4.68 Å². The van der Waals surface area contributed by atoms with Crippen LogP contribution in [0.4, 0.5) is 0 Å². The average molecular weight is 487 g/mol. The minimum atomic E-state index is -0.244. The number of fused-ring (bicyclic) bond motifs is 1. The van der Waals surface area contributed by atoms with Crippen LogP contribution in [0.3, 0.4) is 0 Å². The second-order valence-corrected chi connectivity index (χ2v) is 8.64. The van der Waals surface area contributed by atoms with Gasteiger partial charge in [0.05, 0.1) is 23.7 Å². The number of pyridine rings is 2. The molecule has 3 aromatic heterocycles. The van der Waals surface area contributed by atoms with Crippen molar-refractivity contribution in [1.82, 2.24) is 19.3 Å². The third-order valence-corrected chi connectivity index (χ3v) is 6.19. The number of nitrogens with zero attached hydrogens (tertiary/aromatic N) is 3. The third-order valence-electron chi connectivity index (χ3n) is 5.96. The van der Waals surface area contributed by atoms with Crippen molar-refractivity contribution in [3.63, 3.8) is 0 Å². The van der Waals surface area contributed by atoms with Crippen LogP contribution >= 0.6 is 11.6 Å². The molecule has 1 N–H and O–H groups in total. The molecule has 8 heteroatoms. The second kappa shape index (κ2) is 9.64. The van der Waals surface area contributed by atoms with E-state index < -0.39 is 0 Å². The minimum absolute atomic E-state index is 0.189. The maximum Gasteiger partial charge on any atom is 0.280 e.